The number of ether oxygens (including phenoxy) is 1. The van der Waals surface area contributed by atoms with Crippen molar-refractivity contribution in [1.82, 2.24) is 10.6 Å². The molecule has 2 amide bonds. The molecule has 170 valence electrons. The second kappa shape index (κ2) is 11.5. The molecule has 0 aliphatic rings. The zero-order valence-electron chi connectivity index (χ0n) is 19.2. The fourth-order valence-electron chi connectivity index (χ4n) is 3.12. The molecule has 7 heteroatoms. The van der Waals surface area contributed by atoms with Gasteiger partial charge in [-0.15, -0.1) is 11.3 Å². The van der Waals surface area contributed by atoms with Gasteiger partial charge in [0, 0.05) is 17.0 Å². The van der Waals surface area contributed by atoms with E-state index in [0.717, 1.165) is 21.6 Å². The van der Waals surface area contributed by atoms with Gasteiger partial charge >= 0.3 is 6.09 Å². The summed E-state index contributed by atoms with van der Waals surface area (Å²) in [5.74, 6) is 1.73. The third-order valence-electron chi connectivity index (χ3n) is 4.53. The summed E-state index contributed by atoms with van der Waals surface area (Å²) in [7, 11) is 0. The molecular formula is C25H30N3O3S-. The van der Waals surface area contributed by atoms with E-state index in [1.54, 1.807) is 20.8 Å². The first-order valence-electron chi connectivity index (χ1n) is 10.6. The molecule has 0 saturated carbocycles. The molecule has 0 bridgehead atoms. The SMILES string of the molecule is CCC(=C=C=[N-])c1sc(C(=O)NC(CNC(=O)OC(C)(C)C)Cc2ccccc2)cc1C. The van der Waals surface area contributed by atoms with E-state index in [1.807, 2.05) is 56.1 Å². The molecule has 0 spiro atoms. The van der Waals surface area contributed by atoms with Crippen LogP contribution >= 0.6 is 11.3 Å². The van der Waals surface area contributed by atoms with Crippen LogP contribution in [0.1, 0.15) is 59.8 Å². The van der Waals surface area contributed by atoms with Crippen molar-refractivity contribution in [2.45, 2.75) is 59.1 Å². The van der Waals surface area contributed by atoms with E-state index >= 15 is 0 Å². The van der Waals surface area contributed by atoms with Gasteiger partial charge in [-0.1, -0.05) is 43.0 Å². The van der Waals surface area contributed by atoms with Gasteiger partial charge in [-0.05, 0) is 57.7 Å². The number of aryl methyl sites for hydroxylation is 1. The molecule has 2 N–H and O–H groups in total. The van der Waals surface area contributed by atoms with E-state index in [2.05, 4.69) is 16.4 Å². The molecule has 2 aromatic rings. The molecule has 0 radical (unpaired) electrons. The number of carbonyl (C=O) groups is 2. The van der Waals surface area contributed by atoms with Crippen LogP contribution in [0.4, 0.5) is 4.79 Å². The molecule has 0 aliphatic carbocycles. The minimum absolute atomic E-state index is 0.219. The molecule has 1 aromatic carbocycles. The number of hydrogen-bond donors (Lipinski definition) is 2. The van der Waals surface area contributed by atoms with Crippen LogP contribution in [0.2, 0.25) is 0 Å². The lowest BCUT2D eigenvalue weighted by atomic mass is 10.1. The number of nitrogens with one attached hydrogen (secondary N) is 2. The third kappa shape index (κ3) is 7.86. The number of benzene rings is 1. The fraction of sp³-hybridized carbons (Fsp3) is 0.400. The highest BCUT2D eigenvalue weighted by Crippen LogP contribution is 2.30. The summed E-state index contributed by atoms with van der Waals surface area (Å²) in [6, 6.07) is 11.3. The van der Waals surface area contributed by atoms with Gasteiger partial charge in [-0.3, -0.25) is 4.79 Å². The maximum absolute atomic E-state index is 13.0. The molecule has 1 aromatic heterocycles. The first-order chi connectivity index (χ1) is 15.1. The first kappa shape index (κ1) is 25.2. The summed E-state index contributed by atoms with van der Waals surface area (Å²) >= 11 is 1.35. The Hall–Kier alpha value is -3.11. The summed E-state index contributed by atoms with van der Waals surface area (Å²) in [4.78, 5) is 26.6. The lowest BCUT2D eigenvalue weighted by Gasteiger charge is -2.22. The first-order valence-corrected chi connectivity index (χ1v) is 11.4. The van der Waals surface area contributed by atoms with Crippen LogP contribution in [0.3, 0.4) is 0 Å². The molecule has 32 heavy (non-hydrogen) atoms. The van der Waals surface area contributed by atoms with Crippen LogP contribution in [0.5, 0.6) is 0 Å². The summed E-state index contributed by atoms with van der Waals surface area (Å²) in [6.45, 7) is 9.51. The Morgan fingerprint density at radius 2 is 1.91 bits per heavy atom. The van der Waals surface area contributed by atoms with Crippen molar-refractivity contribution in [1.29, 1.82) is 0 Å². The van der Waals surface area contributed by atoms with E-state index in [-0.39, 0.29) is 18.5 Å². The van der Waals surface area contributed by atoms with Crippen LogP contribution < -0.4 is 10.6 Å². The maximum atomic E-state index is 13.0. The second-order valence-electron chi connectivity index (χ2n) is 8.43. The van der Waals surface area contributed by atoms with E-state index in [0.29, 0.717) is 17.7 Å². The highest BCUT2D eigenvalue weighted by atomic mass is 32.1. The topological polar surface area (TPSA) is 89.7 Å². The van der Waals surface area contributed by atoms with Crippen LogP contribution in [-0.4, -0.2) is 36.1 Å². The maximum Gasteiger partial charge on any atom is 0.407 e. The van der Waals surface area contributed by atoms with Gasteiger partial charge in [0.1, 0.15) is 5.60 Å². The Morgan fingerprint density at radius 3 is 2.50 bits per heavy atom. The van der Waals surface area contributed by atoms with Gasteiger partial charge in [-0.25, -0.2) is 10.7 Å². The van der Waals surface area contributed by atoms with Crippen molar-refractivity contribution in [2.24, 2.45) is 0 Å². The van der Waals surface area contributed by atoms with Gasteiger partial charge in [0.15, 0.2) is 0 Å². The second-order valence-corrected chi connectivity index (χ2v) is 9.49. The summed E-state index contributed by atoms with van der Waals surface area (Å²) < 4.78 is 5.31. The number of hydrogen-bond acceptors (Lipinski definition) is 4. The summed E-state index contributed by atoms with van der Waals surface area (Å²) in [5.41, 5.74) is 4.88. The van der Waals surface area contributed by atoms with Crippen LogP contribution in [0, 0.1) is 6.92 Å². The molecule has 0 saturated heterocycles. The summed E-state index contributed by atoms with van der Waals surface area (Å²) in [5, 5.41) is 14.8. The van der Waals surface area contributed by atoms with Gasteiger partial charge in [0.05, 0.1) is 10.9 Å². The van der Waals surface area contributed by atoms with E-state index in [9.17, 15) is 9.59 Å². The minimum Gasteiger partial charge on any atom is -0.756 e. The molecule has 0 aliphatic heterocycles. The van der Waals surface area contributed by atoms with Crippen LogP contribution in [-0.2, 0) is 11.2 Å². The highest BCUT2D eigenvalue weighted by molar-refractivity contribution is 7.15. The van der Waals surface area contributed by atoms with Crippen molar-refractivity contribution in [3.63, 3.8) is 0 Å². The Morgan fingerprint density at radius 1 is 1.22 bits per heavy atom. The monoisotopic (exact) mass is 452 g/mol. The predicted octanol–water partition coefficient (Wildman–Crippen LogP) is 5.11. The minimum atomic E-state index is -0.599. The molecule has 6 nitrogen and oxygen atoms in total. The van der Waals surface area contributed by atoms with Crippen molar-refractivity contribution in [3.8, 4) is 0 Å². The lowest BCUT2D eigenvalue weighted by molar-refractivity contribution is 0.0520. The van der Waals surface area contributed by atoms with E-state index in [1.165, 1.54) is 11.3 Å². The van der Waals surface area contributed by atoms with Gasteiger partial charge in [0.25, 0.3) is 5.91 Å². The molecule has 0 fully saturated rings. The van der Waals surface area contributed by atoms with E-state index < -0.39 is 11.7 Å². The fourth-order valence-corrected chi connectivity index (χ4v) is 4.26. The quantitative estimate of drug-likeness (QED) is 0.431. The average Bonchev–Trinajstić information content (AvgIpc) is 3.11. The van der Waals surface area contributed by atoms with Crippen molar-refractivity contribution >= 4 is 34.8 Å². The lowest BCUT2D eigenvalue weighted by Crippen LogP contribution is -2.45. The number of carbonyl (C=O) groups excluding carboxylic acids is 2. The Kier molecular flexibility index (Phi) is 9.03. The zero-order chi connectivity index (χ0) is 23.7. The number of rotatable bonds is 8. The summed E-state index contributed by atoms with van der Waals surface area (Å²) in [6.07, 6.45) is 0.692. The Balaban J connectivity index is 2.17. The molecule has 1 atom stereocenters. The number of nitrogens with zero attached hydrogens (tertiary/aromatic N) is 1. The number of alkyl carbamates (subject to hydrolysis) is 1. The normalized spacial score (nSPS) is 11.7. The predicted molar refractivity (Wildman–Crippen MR) is 130 cm³/mol. The average molecular weight is 453 g/mol. The standard InChI is InChI=1S/C25H30N3O3S/c1-6-19(12-13-26)22-17(2)14-21(32-22)23(29)28-20(15-18-10-8-7-9-11-18)16-27-24(30)31-25(3,4)5/h7-11,14,20H,6,15-16H2,1-5H3,(H,27,30)(H,28,29)/q-1. The number of amides is 2. The van der Waals surface area contributed by atoms with Crippen molar-refractivity contribution < 1.29 is 14.3 Å². The van der Waals surface area contributed by atoms with Crippen molar-refractivity contribution in [3.05, 3.63) is 68.4 Å². The third-order valence-corrected chi connectivity index (χ3v) is 5.82. The highest BCUT2D eigenvalue weighted by Gasteiger charge is 2.21. The van der Waals surface area contributed by atoms with Crippen LogP contribution in [0.25, 0.3) is 11.0 Å². The molecule has 2 rings (SSSR count). The smallest absolute Gasteiger partial charge is 0.407 e. The Labute approximate surface area is 193 Å². The van der Waals surface area contributed by atoms with Gasteiger partial charge in [0.2, 0.25) is 0 Å². The van der Waals surface area contributed by atoms with Gasteiger partial charge < -0.3 is 20.8 Å². The van der Waals surface area contributed by atoms with E-state index in [4.69, 9.17) is 10.1 Å². The largest absolute Gasteiger partial charge is 0.756 e. The van der Waals surface area contributed by atoms with Gasteiger partial charge in [-0.2, -0.15) is 0 Å². The number of allylic oxidation sites excluding steroid dienone is 1. The molecule has 1 heterocycles. The number of thiophene rings is 1. The van der Waals surface area contributed by atoms with Crippen LogP contribution in [0.15, 0.2) is 42.1 Å². The molecule has 1 unspecified atom stereocenters. The Bertz CT molecular complexity index is 1020. The zero-order valence-corrected chi connectivity index (χ0v) is 20.1. The molecular weight excluding hydrogens is 422 g/mol. The van der Waals surface area contributed by atoms with Crippen molar-refractivity contribution in [2.75, 3.05) is 6.54 Å².